The van der Waals surface area contributed by atoms with Gasteiger partial charge in [-0.2, -0.15) is 0 Å². The van der Waals surface area contributed by atoms with Gasteiger partial charge in [-0.15, -0.1) is 0 Å². The maximum absolute atomic E-state index is 12.4. The maximum atomic E-state index is 12.4. The Balaban J connectivity index is 1.84. The van der Waals surface area contributed by atoms with Crippen molar-refractivity contribution in [2.45, 2.75) is 45.5 Å². The summed E-state index contributed by atoms with van der Waals surface area (Å²) in [6.07, 6.45) is 0.439. The van der Waals surface area contributed by atoms with Crippen molar-refractivity contribution in [2.75, 3.05) is 0 Å². The molecule has 1 saturated heterocycles. The largest absolute Gasteiger partial charge is 0.457 e. The van der Waals surface area contributed by atoms with Gasteiger partial charge in [0.05, 0.1) is 5.56 Å². The summed E-state index contributed by atoms with van der Waals surface area (Å²) in [4.78, 5) is 36.1. The second-order valence-corrected chi connectivity index (χ2v) is 6.52. The van der Waals surface area contributed by atoms with Gasteiger partial charge in [-0.25, -0.2) is 4.79 Å². The minimum Gasteiger partial charge on any atom is -0.457 e. The number of hydrogen-bond acceptors (Lipinski definition) is 6. The van der Waals surface area contributed by atoms with Crippen LogP contribution in [0, 0.1) is 0 Å². The smallest absolute Gasteiger partial charge is 0.338 e. The first-order chi connectivity index (χ1) is 13.5. The number of hydrogen-bond donors (Lipinski definition) is 0. The molecule has 0 aromatic heterocycles. The number of ether oxygens (including phenoxy) is 3. The van der Waals surface area contributed by atoms with Gasteiger partial charge in [-0.05, 0) is 29.7 Å². The normalized spacial score (nSPS) is 15.5. The molecule has 0 unspecified atom stereocenters. The van der Waals surface area contributed by atoms with Gasteiger partial charge in [0.2, 0.25) is 0 Å². The molecule has 0 bridgehead atoms. The van der Waals surface area contributed by atoms with Crippen molar-refractivity contribution in [3.63, 3.8) is 0 Å². The van der Waals surface area contributed by atoms with Crippen molar-refractivity contribution in [3.05, 3.63) is 70.8 Å². The summed E-state index contributed by atoms with van der Waals surface area (Å²) in [7, 11) is 0. The highest BCUT2D eigenvalue weighted by Crippen LogP contribution is 2.37. The second kappa shape index (κ2) is 8.25. The number of rotatable bonds is 6. The summed E-state index contributed by atoms with van der Waals surface area (Å²) in [5.74, 6) is -3.14. The predicted molar refractivity (Wildman–Crippen MR) is 100 cm³/mol. The van der Waals surface area contributed by atoms with Gasteiger partial charge in [0.25, 0.3) is 5.79 Å². The minimum absolute atomic E-state index is 0.178. The second-order valence-electron chi connectivity index (χ2n) is 6.52. The van der Waals surface area contributed by atoms with Crippen LogP contribution in [0.3, 0.4) is 0 Å². The van der Waals surface area contributed by atoms with Crippen LogP contribution in [0.1, 0.15) is 53.7 Å². The molecule has 0 saturated carbocycles. The van der Waals surface area contributed by atoms with Gasteiger partial charge in [-0.1, -0.05) is 50.2 Å². The van der Waals surface area contributed by atoms with E-state index >= 15 is 0 Å². The zero-order valence-corrected chi connectivity index (χ0v) is 15.9. The lowest BCUT2D eigenvalue weighted by atomic mass is 9.93. The van der Waals surface area contributed by atoms with Crippen molar-refractivity contribution < 1.29 is 28.6 Å². The molecule has 28 heavy (non-hydrogen) atoms. The van der Waals surface area contributed by atoms with E-state index in [0.29, 0.717) is 17.5 Å². The number of benzene rings is 2. The Morgan fingerprint density at radius 1 is 1.04 bits per heavy atom. The van der Waals surface area contributed by atoms with Crippen LogP contribution in [0.15, 0.2) is 48.5 Å². The van der Waals surface area contributed by atoms with E-state index in [4.69, 9.17) is 14.2 Å². The van der Waals surface area contributed by atoms with Crippen molar-refractivity contribution in [1.29, 1.82) is 0 Å². The summed E-state index contributed by atoms with van der Waals surface area (Å²) >= 11 is 0. The van der Waals surface area contributed by atoms with Crippen molar-refractivity contribution >= 4 is 17.9 Å². The van der Waals surface area contributed by atoms with Crippen LogP contribution in [0.2, 0.25) is 0 Å². The van der Waals surface area contributed by atoms with Crippen molar-refractivity contribution in [1.82, 2.24) is 0 Å². The lowest BCUT2D eigenvalue weighted by Crippen LogP contribution is -2.43. The van der Waals surface area contributed by atoms with E-state index in [2.05, 4.69) is 0 Å². The average Bonchev–Trinajstić information content (AvgIpc) is 2.71. The number of carbonyl (C=O) groups is 3. The standard InChI is InChI=1S/C22H22O6/c1-3-16-12-17(21(25)26-14-15-8-6-5-7-9-15)10-11-18(16)22(4-2)27-19(23)13-20(24)28-22/h5-12H,3-4,13-14H2,1-2H3. The molecule has 0 atom stereocenters. The SMILES string of the molecule is CCc1cc(C(=O)OCc2ccccc2)ccc1C1(CC)OC(=O)CC(=O)O1. The van der Waals surface area contributed by atoms with E-state index in [-0.39, 0.29) is 13.0 Å². The first-order valence-electron chi connectivity index (χ1n) is 9.25. The van der Waals surface area contributed by atoms with Gasteiger partial charge >= 0.3 is 17.9 Å². The van der Waals surface area contributed by atoms with E-state index in [1.165, 1.54) is 0 Å². The number of carbonyl (C=O) groups excluding carboxylic acids is 3. The third-order valence-corrected chi connectivity index (χ3v) is 4.66. The molecule has 2 aromatic carbocycles. The number of esters is 3. The topological polar surface area (TPSA) is 78.9 Å². The highest BCUT2D eigenvalue weighted by Gasteiger charge is 2.44. The number of cyclic esters (lactones) is 2. The molecule has 6 nitrogen and oxygen atoms in total. The van der Waals surface area contributed by atoms with Gasteiger partial charge < -0.3 is 14.2 Å². The van der Waals surface area contributed by atoms with Gasteiger partial charge in [0.15, 0.2) is 0 Å². The summed E-state index contributed by atoms with van der Waals surface area (Å²) in [5, 5.41) is 0. The first-order valence-corrected chi connectivity index (χ1v) is 9.25. The highest BCUT2D eigenvalue weighted by atomic mass is 16.7. The summed E-state index contributed by atoms with van der Waals surface area (Å²) in [6.45, 7) is 3.86. The van der Waals surface area contributed by atoms with Crippen LogP contribution in [-0.4, -0.2) is 17.9 Å². The van der Waals surface area contributed by atoms with Crippen molar-refractivity contribution in [3.8, 4) is 0 Å². The molecule has 6 heteroatoms. The molecule has 1 aliphatic rings. The summed E-state index contributed by atoms with van der Waals surface area (Å²) in [5.41, 5.74) is 2.60. The van der Waals surface area contributed by atoms with Crippen LogP contribution in [0.4, 0.5) is 0 Å². The fourth-order valence-electron chi connectivity index (χ4n) is 3.21. The number of aryl methyl sites for hydroxylation is 1. The minimum atomic E-state index is -1.45. The molecule has 1 fully saturated rings. The Hall–Kier alpha value is -3.15. The molecule has 0 amide bonds. The fraction of sp³-hybridized carbons (Fsp3) is 0.318. The fourth-order valence-corrected chi connectivity index (χ4v) is 3.21. The maximum Gasteiger partial charge on any atom is 0.338 e. The van der Waals surface area contributed by atoms with Crippen LogP contribution in [0.25, 0.3) is 0 Å². The molecule has 1 aliphatic heterocycles. The monoisotopic (exact) mass is 382 g/mol. The third-order valence-electron chi connectivity index (χ3n) is 4.66. The molecule has 2 aromatic rings. The molecular formula is C22H22O6. The van der Waals surface area contributed by atoms with E-state index in [1.54, 1.807) is 25.1 Å². The van der Waals surface area contributed by atoms with Crippen molar-refractivity contribution in [2.24, 2.45) is 0 Å². The average molecular weight is 382 g/mol. The van der Waals surface area contributed by atoms with Crippen LogP contribution in [0.5, 0.6) is 0 Å². The van der Waals surface area contributed by atoms with Crippen LogP contribution in [-0.2, 0) is 42.6 Å². The Morgan fingerprint density at radius 3 is 2.32 bits per heavy atom. The summed E-state index contributed by atoms with van der Waals surface area (Å²) in [6, 6.07) is 14.4. The lowest BCUT2D eigenvalue weighted by molar-refractivity contribution is -0.251. The van der Waals surface area contributed by atoms with Crippen LogP contribution < -0.4 is 0 Å². The lowest BCUT2D eigenvalue weighted by Gasteiger charge is -2.36. The molecule has 1 heterocycles. The Morgan fingerprint density at radius 2 is 1.71 bits per heavy atom. The van der Waals surface area contributed by atoms with E-state index in [1.807, 2.05) is 37.3 Å². The predicted octanol–water partition coefficient (Wildman–Crippen LogP) is 3.66. The Labute approximate surface area is 163 Å². The van der Waals surface area contributed by atoms with Gasteiger partial charge in [0, 0.05) is 12.0 Å². The third kappa shape index (κ3) is 4.06. The molecule has 146 valence electrons. The first kappa shape index (κ1) is 19.6. The Bertz CT molecular complexity index is 871. The van der Waals surface area contributed by atoms with E-state index < -0.39 is 30.1 Å². The van der Waals surface area contributed by atoms with E-state index in [0.717, 1.165) is 11.1 Å². The molecular weight excluding hydrogens is 360 g/mol. The highest BCUT2D eigenvalue weighted by molar-refractivity contribution is 5.93. The molecule has 0 aliphatic carbocycles. The van der Waals surface area contributed by atoms with Crippen LogP contribution >= 0.6 is 0 Å². The molecule has 0 radical (unpaired) electrons. The molecule has 3 rings (SSSR count). The molecule has 0 N–H and O–H groups in total. The Kier molecular flexibility index (Phi) is 5.78. The summed E-state index contributed by atoms with van der Waals surface area (Å²) < 4.78 is 16.2. The molecule has 0 spiro atoms. The van der Waals surface area contributed by atoms with E-state index in [9.17, 15) is 14.4 Å². The zero-order valence-electron chi connectivity index (χ0n) is 15.9. The van der Waals surface area contributed by atoms with Gasteiger partial charge in [-0.3, -0.25) is 9.59 Å². The van der Waals surface area contributed by atoms with Gasteiger partial charge in [0.1, 0.15) is 13.0 Å². The quantitative estimate of drug-likeness (QED) is 0.560. The zero-order chi connectivity index (χ0) is 20.1.